The quantitative estimate of drug-likeness (QED) is 0.328. The smallest absolute Gasteiger partial charge is 0.357 e. The molecule has 0 bridgehead atoms. The summed E-state index contributed by atoms with van der Waals surface area (Å²) in [4.78, 5) is 45.7. The van der Waals surface area contributed by atoms with E-state index in [1.165, 1.54) is 6.07 Å². The molecular weight excluding hydrogens is 412 g/mol. The Bertz CT molecular complexity index is 1200. The van der Waals surface area contributed by atoms with Crippen LogP contribution >= 0.6 is 0 Å². The first-order chi connectivity index (χ1) is 14.8. The van der Waals surface area contributed by atoms with Crippen LogP contribution in [0.5, 0.6) is 0 Å². The molecule has 0 fully saturated rings. The zero-order valence-electron chi connectivity index (χ0n) is 16.2. The number of rotatable bonds is 6. The third kappa shape index (κ3) is 3.81. The molecule has 1 aromatic heterocycles. The average Bonchev–Trinajstić information content (AvgIpc) is 3.18. The number of ether oxygens (including phenoxy) is 2. The summed E-state index contributed by atoms with van der Waals surface area (Å²) in [6.07, 6.45) is 0. The van der Waals surface area contributed by atoms with Crippen molar-refractivity contribution in [2.24, 2.45) is 0 Å². The molecule has 2 aromatic carbocycles. The van der Waals surface area contributed by atoms with Crippen LogP contribution in [-0.4, -0.2) is 45.8 Å². The number of esters is 2. The number of nitrogens with zero attached hydrogens (tertiary/aromatic N) is 4. The molecule has 0 radical (unpaired) electrons. The molecule has 158 valence electrons. The maximum absolute atomic E-state index is 12.6. The van der Waals surface area contributed by atoms with Crippen molar-refractivity contribution in [3.05, 3.63) is 80.0 Å². The largest absolute Gasteiger partial charge is 0.465 e. The van der Waals surface area contributed by atoms with E-state index in [4.69, 9.17) is 9.47 Å². The number of benzene rings is 2. The summed E-state index contributed by atoms with van der Waals surface area (Å²) in [5.41, 5.74) is -1.85. The van der Waals surface area contributed by atoms with Gasteiger partial charge in [-0.25, -0.2) is 14.3 Å². The van der Waals surface area contributed by atoms with Crippen molar-refractivity contribution in [3.8, 4) is 16.9 Å². The van der Waals surface area contributed by atoms with Gasteiger partial charge in [-0.3, -0.25) is 20.2 Å². The third-order valence-electron chi connectivity index (χ3n) is 4.30. The van der Waals surface area contributed by atoms with Crippen molar-refractivity contribution in [2.45, 2.75) is 0 Å². The van der Waals surface area contributed by atoms with Crippen molar-refractivity contribution in [1.29, 1.82) is 0 Å². The summed E-state index contributed by atoms with van der Waals surface area (Å²) in [7, 11) is 2.20. The highest BCUT2D eigenvalue weighted by Crippen LogP contribution is 2.35. The molecule has 0 spiro atoms. The first kappa shape index (κ1) is 21.1. The summed E-state index contributed by atoms with van der Waals surface area (Å²) >= 11 is 0. The molecular formula is C19H14N4O8. The Hall–Kier alpha value is -4.61. The molecule has 3 rings (SSSR count). The van der Waals surface area contributed by atoms with Gasteiger partial charge in [0.2, 0.25) is 0 Å². The topological polar surface area (TPSA) is 157 Å². The second-order valence-electron chi connectivity index (χ2n) is 6.02. The molecule has 0 saturated carbocycles. The predicted molar refractivity (Wildman–Crippen MR) is 105 cm³/mol. The minimum atomic E-state index is -0.946. The Morgan fingerprint density at radius 2 is 1.52 bits per heavy atom. The molecule has 1 heterocycles. The van der Waals surface area contributed by atoms with Crippen LogP contribution in [0.4, 0.5) is 11.4 Å². The van der Waals surface area contributed by atoms with E-state index in [-0.39, 0.29) is 22.5 Å². The van der Waals surface area contributed by atoms with E-state index in [0.29, 0.717) is 5.69 Å². The van der Waals surface area contributed by atoms with Gasteiger partial charge in [0.15, 0.2) is 5.69 Å². The lowest BCUT2D eigenvalue weighted by molar-refractivity contribution is -0.422. The van der Waals surface area contributed by atoms with E-state index in [2.05, 4.69) is 5.10 Å². The summed E-state index contributed by atoms with van der Waals surface area (Å²) in [6.45, 7) is 0. The molecule has 0 aliphatic heterocycles. The number of para-hydroxylation sites is 1. The standard InChI is InChI=1S/C19H14N4O8/c1-30-18(24)15-16(11-8-9-13(22(26)27)14(10-11)23(28)29)20-21(17(15)19(25)31-2)12-6-4-3-5-7-12/h3-10H,1-2H3. The van der Waals surface area contributed by atoms with Crippen LogP contribution in [0.2, 0.25) is 0 Å². The number of hydrogen-bond donors (Lipinski definition) is 0. The lowest BCUT2D eigenvalue weighted by Gasteiger charge is -2.07. The average molecular weight is 426 g/mol. The second kappa shape index (κ2) is 8.41. The van der Waals surface area contributed by atoms with Gasteiger partial charge >= 0.3 is 23.3 Å². The van der Waals surface area contributed by atoms with E-state index in [1.54, 1.807) is 30.3 Å². The predicted octanol–water partition coefficient (Wildman–Crippen LogP) is 2.93. The van der Waals surface area contributed by atoms with E-state index in [9.17, 15) is 29.8 Å². The molecule has 12 heteroatoms. The van der Waals surface area contributed by atoms with Gasteiger partial charge in [-0.15, -0.1) is 0 Å². The third-order valence-corrected chi connectivity index (χ3v) is 4.30. The van der Waals surface area contributed by atoms with Gasteiger partial charge < -0.3 is 9.47 Å². The van der Waals surface area contributed by atoms with Crippen LogP contribution in [0, 0.1) is 20.2 Å². The fourth-order valence-corrected chi connectivity index (χ4v) is 2.93. The van der Waals surface area contributed by atoms with E-state index in [1.807, 2.05) is 0 Å². The highest BCUT2D eigenvalue weighted by Gasteiger charge is 2.33. The first-order valence-corrected chi connectivity index (χ1v) is 8.58. The zero-order chi connectivity index (χ0) is 22.7. The Kier molecular flexibility index (Phi) is 5.72. The monoisotopic (exact) mass is 426 g/mol. The summed E-state index contributed by atoms with van der Waals surface area (Å²) in [5.74, 6) is -1.85. The number of hydrogen-bond acceptors (Lipinski definition) is 9. The van der Waals surface area contributed by atoms with Gasteiger partial charge in [0.1, 0.15) is 11.3 Å². The highest BCUT2D eigenvalue weighted by atomic mass is 16.6. The fourth-order valence-electron chi connectivity index (χ4n) is 2.93. The zero-order valence-corrected chi connectivity index (χ0v) is 16.2. The van der Waals surface area contributed by atoms with E-state index < -0.39 is 33.2 Å². The molecule has 0 atom stereocenters. The van der Waals surface area contributed by atoms with Gasteiger partial charge in [-0.05, 0) is 18.2 Å². The maximum Gasteiger partial charge on any atom is 0.357 e. The van der Waals surface area contributed by atoms with Gasteiger partial charge in [-0.2, -0.15) is 5.10 Å². The Morgan fingerprint density at radius 1 is 0.903 bits per heavy atom. The number of carbonyl (C=O) groups excluding carboxylic acids is 2. The van der Waals surface area contributed by atoms with Crippen molar-refractivity contribution in [1.82, 2.24) is 9.78 Å². The normalized spacial score (nSPS) is 10.4. The Morgan fingerprint density at radius 3 is 2.06 bits per heavy atom. The fraction of sp³-hybridized carbons (Fsp3) is 0.105. The number of nitro groups is 2. The van der Waals surface area contributed by atoms with Crippen LogP contribution in [0.1, 0.15) is 20.8 Å². The van der Waals surface area contributed by atoms with E-state index >= 15 is 0 Å². The molecule has 0 unspecified atom stereocenters. The lowest BCUT2D eigenvalue weighted by Crippen LogP contribution is -2.15. The molecule has 12 nitrogen and oxygen atoms in total. The Labute approximate surface area is 173 Å². The Balaban J connectivity index is 2.38. The van der Waals surface area contributed by atoms with Crippen LogP contribution in [0.25, 0.3) is 16.9 Å². The summed E-state index contributed by atoms with van der Waals surface area (Å²) < 4.78 is 10.7. The van der Waals surface area contributed by atoms with Gasteiger partial charge in [-0.1, -0.05) is 18.2 Å². The number of methoxy groups -OCH3 is 2. The van der Waals surface area contributed by atoms with E-state index in [0.717, 1.165) is 31.0 Å². The first-order valence-electron chi connectivity index (χ1n) is 8.58. The van der Waals surface area contributed by atoms with Crippen LogP contribution in [0.15, 0.2) is 48.5 Å². The molecule has 0 amide bonds. The summed E-state index contributed by atoms with van der Waals surface area (Å²) in [6, 6.07) is 11.3. The number of carbonyl (C=O) groups is 2. The van der Waals surface area contributed by atoms with Gasteiger partial charge in [0, 0.05) is 17.7 Å². The number of nitro benzene ring substituents is 2. The molecule has 31 heavy (non-hydrogen) atoms. The van der Waals surface area contributed by atoms with Crippen molar-refractivity contribution >= 4 is 23.3 Å². The SMILES string of the molecule is COC(=O)c1c(-c2ccc([N+](=O)[O-])c([N+](=O)[O-])c2)nn(-c2ccccc2)c1C(=O)OC. The van der Waals surface area contributed by atoms with Crippen molar-refractivity contribution in [2.75, 3.05) is 14.2 Å². The number of aromatic nitrogens is 2. The minimum absolute atomic E-state index is 0.00228. The second-order valence-corrected chi connectivity index (χ2v) is 6.02. The molecule has 3 aromatic rings. The highest BCUT2D eigenvalue weighted by molar-refractivity contribution is 6.07. The van der Waals surface area contributed by atoms with Gasteiger partial charge in [0.25, 0.3) is 0 Å². The van der Waals surface area contributed by atoms with Crippen molar-refractivity contribution < 1.29 is 28.9 Å². The van der Waals surface area contributed by atoms with Gasteiger partial charge in [0.05, 0.1) is 29.8 Å². The summed E-state index contributed by atoms with van der Waals surface area (Å²) in [5, 5.41) is 26.7. The van der Waals surface area contributed by atoms with Crippen molar-refractivity contribution in [3.63, 3.8) is 0 Å². The van der Waals surface area contributed by atoms with Crippen LogP contribution in [-0.2, 0) is 9.47 Å². The van der Waals surface area contributed by atoms with Crippen LogP contribution < -0.4 is 0 Å². The molecule has 0 aliphatic rings. The minimum Gasteiger partial charge on any atom is -0.465 e. The molecule has 0 saturated heterocycles. The molecule has 0 aliphatic carbocycles. The maximum atomic E-state index is 12.6. The van der Waals surface area contributed by atoms with Crippen LogP contribution in [0.3, 0.4) is 0 Å². The lowest BCUT2D eigenvalue weighted by atomic mass is 10.0. The molecule has 0 N–H and O–H groups in total.